The average Bonchev–Trinajstić information content (AvgIpc) is 2.26. The Morgan fingerprint density at radius 2 is 2.00 bits per heavy atom. The van der Waals surface area contributed by atoms with Gasteiger partial charge in [0.05, 0.1) is 4.92 Å². The van der Waals surface area contributed by atoms with Gasteiger partial charge in [0, 0.05) is 17.0 Å². The van der Waals surface area contributed by atoms with E-state index in [1.165, 1.54) is 12.4 Å². The maximum absolute atomic E-state index is 10.9. The molecular weight excluding hydrogens is 232 g/mol. The SMILES string of the molecule is CC(C)(C)Nc1ncnc2c([N+](=O)[O-])cccc12. The van der Waals surface area contributed by atoms with Crippen molar-refractivity contribution in [2.24, 2.45) is 0 Å². The monoisotopic (exact) mass is 246 g/mol. The highest BCUT2D eigenvalue weighted by molar-refractivity contribution is 5.94. The minimum atomic E-state index is -0.434. The minimum absolute atomic E-state index is 0.00754. The second-order valence-corrected chi connectivity index (χ2v) is 5.03. The number of fused-ring (bicyclic) bond motifs is 1. The summed E-state index contributed by atoms with van der Waals surface area (Å²) in [6, 6.07) is 4.85. The predicted octanol–water partition coefficient (Wildman–Crippen LogP) is 2.75. The van der Waals surface area contributed by atoms with Crippen LogP contribution in [-0.4, -0.2) is 20.4 Å². The maximum atomic E-state index is 10.9. The summed E-state index contributed by atoms with van der Waals surface area (Å²) in [6.07, 6.45) is 1.34. The number of benzene rings is 1. The van der Waals surface area contributed by atoms with Crippen LogP contribution in [0.3, 0.4) is 0 Å². The van der Waals surface area contributed by atoms with Crippen molar-refractivity contribution in [3.8, 4) is 0 Å². The smallest absolute Gasteiger partial charge is 0.295 e. The first kappa shape index (κ1) is 12.2. The highest BCUT2D eigenvalue weighted by Crippen LogP contribution is 2.28. The molecule has 0 atom stereocenters. The van der Waals surface area contributed by atoms with Crippen LogP contribution in [0.15, 0.2) is 24.5 Å². The highest BCUT2D eigenvalue weighted by Gasteiger charge is 2.17. The van der Waals surface area contributed by atoms with E-state index in [-0.39, 0.29) is 11.2 Å². The van der Waals surface area contributed by atoms with Crippen LogP contribution >= 0.6 is 0 Å². The molecule has 1 heterocycles. The van der Waals surface area contributed by atoms with Crippen LogP contribution < -0.4 is 5.32 Å². The lowest BCUT2D eigenvalue weighted by Crippen LogP contribution is -2.26. The van der Waals surface area contributed by atoms with Crippen molar-refractivity contribution in [1.29, 1.82) is 0 Å². The van der Waals surface area contributed by atoms with E-state index < -0.39 is 4.92 Å². The molecule has 0 aliphatic heterocycles. The summed E-state index contributed by atoms with van der Waals surface area (Å²) in [4.78, 5) is 18.7. The molecule has 6 heteroatoms. The van der Waals surface area contributed by atoms with Crippen molar-refractivity contribution in [1.82, 2.24) is 9.97 Å². The van der Waals surface area contributed by atoms with E-state index in [1.54, 1.807) is 12.1 Å². The Morgan fingerprint density at radius 1 is 1.28 bits per heavy atom. The van der Waals surface area contributed by atoms with Gasteiger partial charge in [-0.2, -0.15) is 0 Å². The summed E-state index contributed by atoms with van der Waals surface area (Å²) in [7, 11) is 0. The topological polar surface area (TPSA) is 81.0 Å². The van der Waals surface area contributed by atoms with Gasteiger partial charge in [0.25, 0.3) is 5.69 Å². The predicted molar refractivity (Wildman–Crippen MR) is 69.6 cm³/mol. The number of para-hydroxylation sites is 1. The second-order valence-electron chi connectivity index (χ2n) is 5.03. The van der Waals surface area contributed by atoms with Gasteiger partial charge in [0.1, 0.15) is 12.1 Å². The largest absolute Gasteiger partial charge is 0.365 e. The van der Waals surface area contributed by atoms with Crippen molar-refractivity contribution < 1.29 is 4.92 Å². The van der Waals surface area contributed by atoms with Crippen LogP contribution in [0.4, 0.5) is 11.5 Å². The number of aromatic nitrogens is 2. The first-order valence-corrected chi connectivity index (χ1v) is 5.55. The molecule has 0 fully saturated rings. The Kier molecular flexibility index (Phi) is 2.86. The van der Waals surface area contributed by atoms with Gasteiger partial charge in [0.15, 0.2) is 5.52 Å². The van der Waals surface area contributed by atoms with Gasteiger partial charge in [-0.15, -0.1) is 0 Å². The zero-order chi connectivity index (χ0) is 13.3. The van der Waals surface area contributed by atoms with Crippen LogP contribution in [0, 0.1) is 10.1 Å². The molecule has 1 aromatic heterocycles. The lowest BCUT2D eigenvalue weighted by Gasteiger charge is -2.21. The Balaban J connectivity index is 2.64. The van der Waals surface area contributed by atoms with Gasteiger partial charge in [-0.3, -0.25) is 10.1 Å². The van der Waals surface area contributed by atoms with Crippen LogP contribution in [0.25, 0.3) is 10.9 Å². The van der Waals surface area contributed by atoms with E-state index in [4.69, 9.17) is 0 Å². The molecule has 0 saturated carbocycles. The third-order valence-corrected chi connectivity index (χ3v) is 2.33. The fourth-order valence-corrected chi connectivity index (χ4v) is 1.67. The normalized spacial score (nSPS) is 11.5. The van der Waals surface area contributed by atoms with E-state index in [0.29, 0.717) is 16.7 Å². The molecule has 0 bridgehead atoms. The number of hydrogen-bond acceptors (Lipinski definition) is 5. The molecule has 94 valence electrons. The van der Waals surface area contributed by atoms with Crippen LogP contribution in [0.2, 0.25) is 0 Å². The number of anilines is 1. The van der Waals surface area contributed by atoms with Crippen molar-refractivity contribution in [2.45, 2.75) is 26.3 Å². The van der Waals surface area contributed by atoms with E-state index in [9.17, 15) is 10.1 Å². The number of hydrogen-bond donors (Lipinski definition) is 1. The Hall–Kier alpha value is -2.24. The van der Waals surface area contributed by atoms with Gasteiger partial charge >= 0.3 is 0 Å². The molecule has 0 saturated heterocycles. The number of nitro groups is 1. The fraction of sp³-hybridized carbons (Fsp3) is 0.333. The van der Waals surface area contributed by atoms with Crippen molar-refractivity contribution in [3.63, 3.8) is 0 Å². The van der Waals surface area contributed by atoms with Gasteiger partial charge in [0.2, 0.25) is 0 Å². The molecule has 0 unspecified atom stereocenters. The molecule has 18 heavy (non-hydrogen) atoms. The van der Waals surface area contributed by atoms with Gasteiger partial charge in [-0.05, 0) is 26.8 Å². The number of nitro benzene ring substituents is 1. The van der Waals surface area contributed by atoms with Crippen molar-refractivity contribution in [2.75, 3.05) is 5.32 Å². The van der Waals surface area contributed by atoms with Crippen LogP contribution in [-0.2, 0) is 0 Å². The van der Waals surface area contributed by atoms with E-state index in [1.807, 2.05) is 20.8 Å². The minimum Gasteiger partial charge on any atom is -0.365 e. The first-order chi connectivity index (χ1) is 8.38. The zero-order valence-corrected chi connectivity index (χ0v) is 10.5. The third kappa shape index (κ3) is 2.37. The fourth-order valence-electron chi connectivity index (χ4n) is 1.67. The lowest BCUT2D eigenvalue weighted by atomic mass is 10.1. The molecule has 1 N–H and O–H groups in total. The molecular formula is C12H14N4O2. The Labute approximate surface area is 104 Å². The van der Waals surface area contributed by atoms with E-state index >= 15 is 0 Å². The molecule has 0 radical (unpaired) electrons. The molecule has 0 amide bonds. The molecule has 2 aromatic rings. The zero-order valence-electron chi connectivity index (χ0n) is 10.5. The summed E-state index contributed by atoms with van der Waals surface area (Å²) >= 11 is 0. The lowest BCUT2D eigenvalue weighted by molar-refractivity contribution is -0.383. The summed E-state index contributed by atoms with van der Waals surface area (Å²) in [5, 5.41) is 14.8. The summed E-state index contributed by atoms with van der Waals surface area (Å²) in [6.45, 7) is 5.99. The highest BCUT2D eigenvalue weighted by atomic mass is 16.6. The first-order valence-electron chi connectivity index (χ1n) is 5.55. The summed E-state index contributed by atoms with van der Waals surface area (Å²) < 4.78 is 0. The van der Waals surface area contributed by atoms with Gasteiger partial charge < -0.3 is 5.32 Å². The van der Waals surface area contributed by atoms with E-state index in [2.05, 4.69) is 15.3 Å². The number of nitrogens with one attached hydrogen (secondary N) is 1. The number of rotatable bonds is 2. The third-order valence-electron chi connectivity index (χ3n) is 2.33. The molecule has 0 aliphatic carbocycles. The Bertz CT molecular complexity index is 605. The van der Waals surface area contributed by atoms with Crippen LogP contribution in [0.1, 0.15) is 20.8 Å². The molecule has 1 aromatic carbocycles. The number of nitrogens with zero attached hydrogens (tertiary/aromatic N) is 3. The van der Waals surface area contributed by atoms with Gasteiger partial charge in [-0.25, -0.2) is 9.97 Å². The van der Waals surface area contributed by atoms with E-state index in [0.717, 1.165) is 0 Å². The average molecular weight is 246 g/mol. The molecule has 2 rings (SSSR count). The summed E-state index contributed by atoms with van der Waals surface area (Å²) in [5.41, 5.74) is 0.169. The van der Waals surface area contributed by atoms with Crippen molar-refractivity contribution in [3.05, 3.63) is 34.6 Å². The number of non-ortho nitro benzene ring substituents is 1. The van der Waals surface area contributed by atoms with Crippen LogP contribution in [0.5, 0.6) is 0 Å². The molecule has 6 nitrogen and oxygen atoms in total. The maximum Gasteiger partial charge on any atom is 0.295 e. The Morgan fingerprint density at radius 3 is 2.61 bits per heavy atom. The second kappa shape index (κ2) is 4.21. The van der Waals surface area contributed by atoms with Crippen molar-refractivity contribution >= 4 is 22.4 Å². The van der Waals surface area contributed by atoms with Gasteiger partial charge in [-0.1, -0.05) is 6.07 Å². The standard InChI is InChI=1S/C12H14N4O2/c1-12(2,3)15-11-8-5-4-6-9(16(17)18)10(8)13-7-14-11/h4-7H,1-3H3,(H,13,14,15). The quantitative estimate of drug-likeness (QED) is 0.650. The molecule has 0 spiro atoms. The molecule has 0 aliphatic rings. The summed E-state index contributed by atoms with van der Waals surface area (Å²) in [5.74, 6) is 0.608.